The highest BCUT2D eigenvalue weighted by Crippen LogP contribution is 2.31. The molecule has 0 aliphatic carbocycles. The topological polar surface area (TPSA) is 24.1 Å². The predicted octanol–water partition coefficient (Wildman–Crippen LogP) is 2.56. The molecule has 0 unspecified atom stereocenters. The van der Waals surface area contributed by atoms with E-state index in [1.807, 2.05) is 23.9 Å². The van der Waals surface area contributed by atoms with Gasteiger partial charge in [-0.15, -0.1) is 11.8 Å². The molecule has 0 amide bonds. The second-order valence-corrected chi connectivity index (χ2v) is 4.05. The van der Waals surface area contributed by atoms with Gasteiger partial charge in [-0.2, -0.15) is 0 Å². The van der Waals surface area contributed by atoms with Crippen molar-refractivity contribution >= 4 is 23.1 Å². The van der Waals surface area contributed by atoms with Crippen LogP contribution in [0.25, 0.3) is 0 Å². The van der Waals surface area contributed by atoms with Crippen LogP contribution in [0.15, 0.2) is 24.3 Å². The monoisotopic (exact) mass is 180 g/mol. The minimum absolute atomic E-state index is 0.354. The quantitative estimate of drug-likeness (QED) is 0.731. The molecule has 0 saturated heterocycles. The Balaban J connectivity index is 2.11. The third-order valence-electron chi connectivity index (χ3n) is 1.83. The van der Waals surface area contributed by atoms with E-state index in [1.165, 1.54) is 11.4 Å². The first-order valence-corrected chi connectivity index (χ1v) is 5.18. The predicted molar refractivity (Wildman–Crippen MR) is 55.6 cm³/mol. The average Bonchev–Trinajstić information content (AvgIpc) is 2.47. The Morgan fingerprint density at radius 3 is 2.33 bits per heavy atom. The number of rotatable bonds is 2. The summed E-state index contributed by atoms with van der Waals surface area (Å²) >= 11 is 1.87. The Morgan fingerprint density at radius 2 is 1.83 bits per heavy atom. The molecular weight excluding hydrogens is 168 g/mol. The Bertz CT molecular complexity index is 250. The number of hydrogen-bond acceptors (Lipinski definition) is 3. The average molecular weight is 180 g/mol. The number of thioether (sulfide) groups is 1. The molecule has 0 spiro atoms. The molecule has 1 heterocycles. The molecule has 0 fully saturated rings. The Morgan fingerprint density at radius 1 is 1.25 bits per heavy atom. The van der Waals surface area contributed by atoms with Crippen LogP contribution in [0.5, 0.6) is 0 Å². The van der Waals surface area contributed by atoms with Crippen LogP contribution in [-0.4, -0.2) is 11.3 Å². The van der Waals surface area contributed by atoms with Crippen molar-refractivity contribution < 1.29 is 0 Å². The van der Waals surface area contributed by atoms with Gasteiger partial charge in [0.2, 0.25) is 0 Å². The number of benzene rings is 1. The van der Waals surface area contributed by atoms with Crippen LogP contribution in [0.2, 0.25) is 0 Å². The SMILES string of the molecule is CCSC1Nc2ccccc2N1. The van der Waals surface area contributed by atoms with E-state index in [9.17, 15) is 0 Å². The van der Waals surface area contributed by atoms with Crippen molar-refractivity contribution in [2.45, 2.75) is 12.4 Å². The second kappa shape index (κ2) is 3.27. The summed E-state index contributed by atoms with van der Waals surface area (Å²) in [6.07, 6.45) is 0. The number of hydrogen-bond donors (Lipinski definition) is 2. The van der Waals surface area contributed by atoms with Crippen molar-refractivity contribution in [3.63, 3.8) is 0 Å². The number of para-hydroxylation sites is 2. The summed E-state index contributed by atoms with van der Waals surface area (Å²) in [5, 5.41) is 6.77. The highest BCUT2D eigenvalue weighted by Gasteiger charge is 2.17. The highest BCUT2D eigenvalue weighted by molar-refractivity contribution is 8.00. The van der Waals surface area contributed by atoms with Crippen molar-refractivity contribution in [2.24, 2.45) is 0 Å². The largest absolute Gasteiger partial charge is 0.355 e. The molecule has 0 aromatic heterocycles. The molecule has 1 aliphatic rings. The fourth-order valence-electron chi connectivity index (χ4n) is 1.30. The van der Waals surface area contributed by atoms with Crippen molar-refractivity contribution in [1.82, 2.24) is 0 Å². The molecule has 12 heavy (non-hydrogen) atoms. The van der Waals surface area contributed by atoms with Crippen LogP contribution >= 0.6 is 11.8 Å². The van der Waals surface area contributed by atoms with Crippen molar-refractivity contribution in [1.29, 1.82) is 0 Å². The summed E-state index contributed by atoms with van der Waals surface area (Å²) in [5.41, 5.74) is 2.78. The molecule has 0 bridgehead atoms. The molecule has 2 rings (SSSR count). The Hall–Kier alpha value is -0.830. The maximum Gasteiger partial charge on any atom is 0.145 e. The van der Waals surface area contributed by atoms with Gasteiger partial charge in [0.1, 0.15) is 5.50 Å². The number of nitrogens with one attached hydrogen (secondary N) is 2. The van der Waals surface area contributed by atoms with Crippen molar-refractivity contribution in [3.05, 3.63) is 24.3 Å². The summed E-state index contributed by atoms with van der Waals surface area (Å²) in [6.45, 7) is 2.16. The van der Waals surface area contributed by atoms with E-state index in [0.717, 1.165) is 5.75 Å². The van der Waals surface area contributed by atoms with Crippen LogP contribution in [0, 0.1) is 0 Å². The first kappa shape index (κ1) is 7.80. The van der Waals surface area contributed by atoms with E-state index in [1.54, 1.807) is 0 Å². The molecule has 1 aliphatic heterocycles. The van der Waals surface area contributed by atoms with Crippen LogP contribution in [0.1, 0.15) is 6.92 Å². The fraction of sp³-hybridized carbons (Fsp3) is 0.333. The molecule has 0 atom stereocenters. The van der Waals surface area contributed by atoms with E-state index in [-0.39, 0.29) is 0 Å². The van der Waals surface area contributed by atoms with Crippen LogP contribution < -0.4 is 10.6 Å². The fourth-order valence-corrected chi connectivity index (χ4v) is 2.06. The van der Waals surface area contributed by atoms with Crippen LogP contribution in [0.3, 0.4) is 0 Å². The Labute approximate surface area is 76.7 Å². The molecule has 2 nitrogen and oxygen atoms in total. The summed E-state index contributed by atoms with van der Waals surface area (Å²) in [4.78, 5) is 0. The molecular formula is C9H12N2S. The first-order chi connectivity index (χ1) is 5.90. The van der Waals surface area contributed by atoms with Crippen molar-refractivity contribution in [3.8, 4) is 0 Å². The Kier molecular flexibility index (Phi) is 2.13. The summed E-state index contributed by atoms with van der Waals surface area (Å²) in [7, 11) is 0. The lowest BCUT2D eigenvalue weighted by molar-refractivity contribution is 1.20. The second-order valence-electron chi connectivity index (χ2n) is 2.67. The maximum atomic E-state index is 3.39. The summed E-state index contributed by atoms with van der Waals surface area (Å²) < 4.78 is 0. The van der Waals surface area contributed by atoms with Gasteiger partial charge in [0.15, 0.2) is 0 Å². The van der Waals surface area contributed by atoms with Gasteiger partial charge in [-0.05, 0) is 17.9 Å². The summed E-state index contributed by atoms with van der Waals surface area (Å²) in [5.74, 6) is 1.12. The smallest absolute Gasteiger partial charge is 0.145 e. The lowest BCUT2D eigenvalue weighted by Crippen LogP contribution is -2.17. The van der Waals surface area contributed by atoms with Crippen LogP contribution in [-0.2, 0) is 0 Å². The van der Waals surface area contributed by atoms with E-state index < -0.39 is 0 Å². The molecule has 0 radical (unpaired) electrons. The van der Waals surface area contributed by atoms with Gasteiger partial charge in [0.25, 0.3) is 0 Å². The molecule has 1 aromatic rings. The van der Waals surface area contributed by atoms with E-state index >= 15 is 0 Å². The molecule has 3 heteroatoms. The third kappa shape index (κ3) is 1.37. The molecule has 2 N–H and O–H groups in total. The van der Waals surface area contributed by atoms with E-state index in [2.05, 4.69) is 29.7 Å². The standard InChI is InChI=1S/C9H12N2S/c1-2-12-9-10-7-5-3-4-6-8(7)11-9/h3-6,9-11H,2H2,1H3. The zero-order valence-corrected chi connectivity index (χ0v) is 7.82. The lowest BCUT2D eigenvalue weighted by atomic mass is 10.3. The lowest BCUT2D eigenvalue weighted by Gasteiger charge is -2.09. The normalized spacial score (nSPS) is 15.1. The molecule has 0 saturated carbocycles. The number of anilines is 2. The maximum absolute atomic E-state index is 3.39. The van der Waals surface area contributed by atoms with E-state index in [0.29, 0.717) is 5.50 Å². The van der Waals surface area contributed by atoms with Crippen LogP contribution in [0.4, 0.5) is 11.4 Å². The van der Waals surface area contributed by atoms with Gasteiger partial charge in [-0.3, -0.25) is 0 Å². The molecule has 1 aromatic carbocycles. The molecule has 64 valence electrons. The van der Waals surface area contributed by atoms with Gasteiger partial charge >= 0.3 is 0 Å². The zero-order chi connectivity index (χ0) is 8.39. The van der Waals surface area contributed by atoms with Gasteiger partial charge in [-0.1, -0.05) is 19.1 Å². The minimum atomic E-state index is 0.354. The minimum Gasteiger partial charge on any atom is -0.355 e. The van der Waals surface area contributed by atoms with Gasteiger partial charge < -0.3 is 10.6 Å². The summed E-state index contributed by atoms with van der Waals surface area (Å²) in [6, 6.07) is 8.29. The third-order valence-corrected chi connectivity index (χ3v) is 2.74. The van der Waals surface area contributed by atoms with E-state index in [4.69, 9.17) is 0 Å². The van der Waals surface area contributed by atoms with Crippen molar-refractivity contribution in [2.75, 3.05) is 16.4 Å². The number of fused-ring (bicyclic) bond motifs is 1. The van der Waals surface area contributed by atoms with Gasteiger partial charge in [0, 0.05) is 0 Å². The first-order valence-electron chi connectivity index (χ1n) is 4.14. The highest BCUT2D eigenvalue weighted by atomic mass is 32.2. The van der Waals surface area contributed by atoms with Gasteiger partial charge in [0.05, 0.1) is 11.4 Å². The van der Waals surface area contributed by atoms with Gasteiger partial charge in [-0.25, -0.2) is 0 Å². The zero-order valence-electron chi connectivity index (χ0n) is 7.00.